The number of hydrogen-bond donors (Lipinski definition) is 1. The second-order valence-corrected chi connectivity index (χ2v) is 7.34. The summed E-state index contributed by atoms with van der Waals surface area (Å²) in [6.07, 6.45) is 0. The molecule has 4 aromatic rings. The molecule has 4 rings (SSSR count). The summed E-state index contributed by atoms with van der Waals surface area (Å²) in [7, 11) is 0. The summed E-state index contributed by atoms with van der Waals surface area (Å²) < 4.78 is 5.16. The zero-order valence-corrected chi connectivity index (χ0v) is 16.7. The maximum Gasteiger partial charge on any atom is 0.271 e. The number of nitrogens with zero attached hydrogens (tertiary/aromatic N) is 4. The lowest BCUT2D eigenvalue weighted by Gasteiger charge is -1.99. The number of carbonyl (C=O) groups excluding carboxylic acids is 1. The molecule has 0 aliphatic carbocycles. The van der Waals surface area contributed by atoms with Crippen LogP contribution in [0, 0.1) is 10.1 Å². The Kier molecular flexibility index (Phi) is 5.50. The van der Waals surface area contributed by atoms with E-state index in [2.05, 4.69) is 20.4 Å². The first-order chi connectivity index (χ1) is 14.5. The molecule has 9 nitrogen and oxygen atoms in total. The van der Waals surface area contributed by atoms with Crippen LogP contribution in [0.2, 0.25) is 5.02 Å². The van der Waals surface area contributed by atoms with Gasteiger partial charge in [0.15, 0.2) is 0 Å². The number of hydrogen-bond acceptors (Lipinski definition) is 8. The number of benzene rings is 2. The van der Waals surface area contributed by atoms with E-state index >= 15 is 0 Å². The van der Waals surface area contributed by atoms with Crippen molar-refractivity contribution in [2.45, 2.75) is 6.54 Å². The molecule has 2 aromatic carbocycles. The highest BCUT2D eigenvalue weighted by Gasteiger charge is 2.15. The van der Waals surface area contributed by atoms with E-state index in [1.807, 2.05) is 0 Å². The second kappa shape index (κ2) is 8.39. The van der Waals surface area contributed by atoms with Gasteiger partial charge in [-0.25, -0.2) is 4.98 Å². The molecule has 1 amide bonds. The predicted octanol–water partition coefficient (Wildman–Crippen LogP) is 4.35. The first-order valence-corrected chi connectivity index (χ1v) is 9.82. The minimum atomic E-state index is -0.479. The van der Waals surface area contributed by atoms with Crippen LogP contribution in [0.1, 0.15) is 16.4 Å². The van der Waals surface area contributed by atoms with Gasteiger partial charge in [0.1, 0.15) is 10.7 Å². The summed E-state index contributed by atoms with van der Waals surface area (Å²) in [6.45, 7) is 0.0308. The third-order valence-corrected chi connectivity index (χ3v) is 5.15. The average Bonchev–Trinajstić information content (AvgIpc) is 3.43. The van der Waals surface area contributed by atoms with Crippen LogP contribution in [-0.4, -0.2) is 26.0 Å². The van der Waals surface area contributed by atoms with E-state index in [0.29, 0.717) is 21.4 Å². The summed E-state index contributed by atoms with van der Waals surface area (Å²) in [6, 6.07) is 13.0. The number of nitro groups is 1. The minimum absolute atomic E-state index is 0.0308. The average molecular weight is 442 g/mol. The molecule has 0 spiro atoms. The van der Waals surface area contributed by atoms with E-state index in [-0.39, 0.29) is 23.8 Å². The maximum atomic E-state index is 12.4. The van der Waals surface area contributed by atoms with Crippen molar-refractivity contribution in [3.8, 4) is 22.0 Å². The van der Waals surface area contributed by atoms with Crippen molar-refractivity contribution in [3.05, 3.63) is 80.6 Å². The van der Waals surface area contributed by atoms with Gasteiger partial charge in [-0.1, -0.05) is 28.9 Å². The van der Waals surface area contributed by atoms with Gasteiger partial charge in [0.2, 0.25) is 11.7 Å². The second-order valence-electron chi connectivity index (χ2n) is 6.05. The monoisotopic (exact) mass is 441 g/mol. The molecule has 2 aromatic heterocycles. The predicted molar refractivity (Wildman–Crippen MR) is 110 cm³/mol. The molecule has 30 heavy (non-hydrogen) atoms. The van der Waals surface area contributed by atoms with Crippen molar-refractivity contribution < 1.29 is 14.2 Å². The van der Waals surface area contributed by atoms with Gasteiger partial charge < -0.3 is 9.84 Å². The minimum Gasteiger partial charge on any atom is -0.342 e. The maximum absolute atomic E-state index is 12.4. The number of rotatable bonds is 6. The Morgan fingerprint density at radius 2 is 1.97 bits per heavy atom. The molecule has 0 bridgehead atoms. The molecule has 150 valence electrons. The third kappa shape index (κ3) is 4.34. The van der Waals surface area contributed by atoms with Crippen molar-refractivity contribution in [1.82, 2.24) is 20.4 Å². The fourth-order valence-corrected chi connectivity index (χ4v) is 3.48. The molecule has 0 fully saturated rings. The first kappa shape index (κ1) is 19.7. The Bertz CT molecular complexity index is 1220. The number of nitrogens with one attached hydrogen (secondary N) is 1. The first-order valence-electron chi connectivity index (χ1n) is 8.56. The van der Waals surface area contributed by atoms with Crippen LogP contribution in [0.15, 0.2) is 58.4 Å². The van der Waals surface area contributed by atoms with Crippen LogP contribution in [-0.2, 0) is 6.54 Å². The van der Waals surface area contributed by atoms with Gasteiger partial charge in [-0.3, -0.25) is 14.9 Å². The highest BCUT2D eigenvalue weighted by atomic mass is 35.5. The van der Waals surface area contributed by atoms with Gasteiger partial charge in [-0.05, 0) is 24.3 Å². The highest BCUT2D eigenvalue weighted by Crippen LogP contribution is 2.27. The Balaban J connectivity index is 1.41. The van der Waals surface area contributed by atoms with Gasteiger partial charge in [0.05, 0.1) is 11.5 Å². The van der Waals surface area contributed by atoms with Crippen LogP contribution in [0.3, 0.4) is 0 Å². The quantitative estimate of drug-likeness (QED) is 0.348. The van der Waals surface area contributed by atoms with E-state index in [9.17, 15) is 14.9 Å². The van der Waals surface area contributed by atoms with Crippen LogP contribution in [0.25, 0.3) is 22.0 Å². The summed E-state index contributed by atoms with van der Waals surface area (Å²) in [4.78, 5) is 31.3. The number of aromatic nitrogens is 3. The van der Waals surface area contributed by atoms with Crippen LogP contribution in [0.5, 0.6) is 0 Å². The van der Waals surface area contributed by atoms with Gasteiger partial charge in [-0.15, -0.1) is 11.3 Å². The number of non-ortho nitro benzene ring substituents is 1. The SMILES string of the molecule is O=C(NCc1nc(-c2ccc(Cl)cc2)no1)c1csc(-c2cccc([N+](=O)[O-])c2)n1. The Hall–Kier alpha value is -3.63. The number of carbonyl (C=O) groups is 1. The molecule has 2 heterocycles. The molecule has 11 heteroatoms. The molecule has 0 aliphatic rings. The lowest BCUT2D eigenvalue weighted by molar-refractivity contribution is -0.384. The van der Waals surface area contributed by atoms with Crippen molar-refractivity contribution in [3.63, 3.8) is 0 Å². The zero-order chi connectivity index (χ0) is 21.1. The third-order valence-electron chi connectivity index (χ3n) is 4.01. The van der Waals surface area contributed by atoms with Gasteiger partial charge in [0, 0.05) is 33.7 Å². The van der Waals surface area contributed by atoms with Crippen molar-refractivity contribution in [2.24, 2.45) is 0 Å². The Morgan fingerprint density at radius 3 is 2.73 bits per heavy atom. The Labute approximate surface area is 178 Å². The molecule has 0 saturated heterocycles. The zero-order valence-electron chi connectivity index (χ0n) is 15.1. The van der Waals surface area contributed by atoms with E-state index in [0.717, 1.165) is 5.56 Å². The summed E-state index contributed by atoms with van der Waals surface area (Å²) in [5.74, 6) is 0.203. The van der Waals surface area contributed by atoms with Gasteiger partial charge in [-0.2, -0.15) is 4.98 Å². The molecule has 1 N–H and O–H groups in total. The van der Waals surface area contributed by atoms with Crippen LogP contribution in [0.4, 0.5) is 5.69 Å². The fraction of sp³-hybridized carbons (Fsp3) is 0.0526. The van der Waals surface area contributed by atoms with E-state index in [1.165, 1.54) is 23.5 Å². The summed E-state index contributed by atoms with van der Waals surface area (Å²) in [5.41, 5.74) is 1.46. The van der Waals surface area contributed by atoms with Gasteiger partial charge >= 0.3 is 0 Å². The largest absolute Gasteiger partial charge is 0.342 e. The molecular weight excluding hydrogens is 430 g/mol. The number of thiazole rings is 1. The van der Waals surface area contributed by atoms with E-state index in [4.69, 9.17) is 16.1 Å². The highest BCUT2D eigenvalue weighted by molar-refractivity contribution is 7.13. The topological polar surface area (TPSA) is 124 Å². The lowest BCUT2D eigenvalue weighted by Crippen LogP contribution is -2.23. The number of nitro benzene ring substituents is 1. The summed E-state index contributed by atoms with van der Waals surface area (Å²) >= 11 is 7.08. The number of amides is 1. The molecule has 0 atom stereocenters. The molecule has 0 radical (unpaired) electrons. The van der Waals surface area contributed by atoms with Crippen LogP contribution < -0.4 is 5.32 Å². The van der Waals surface area contributed by atoms with Crippen LogP contribution >= 0.6 is 22.9 Å². The molecule has 0 saturated carbocycles. The molecule has 0 unspecified atom stereocenters. The standard InChI is InChI=1S/C19H12ClN5O4S/c20-13-6-4-11(5-7-13)17-23-16(29-24-17)9-21-18(26)15-10-30-19(22-15)12-2-1-3-14(8-12)25(27)28/h1-8,10H,9H2,(H,21,26). The van der Waals surface area contributed by atoms with Crippen molar-refractivity contribution in [1.29, 1.82) is 0 Å². The lowest BCUT2D eigenvalue weighted by atomic mass is 10.2. The number of halogens is 1. The van der Waals surface area contributed by atoms with E-state index in [1.54, 1.807) is 41.8 Å². The smallest absolute Gasteiger partial charge is 0.271 e. The molecule has 0 aliphatic heterocycles. The summed E-state index contributed by atoms with van der Waals surface area (Å²) in [5, 5.41) is 20.2. The van der Waals surface area contributed by atoms with Crippen molar-refractivity contribution >= 4 is 34.5 Å². The normalized spacial score (nSPS) is 10.7. The van der Waals surface area contributed by atoms with Gasteiger partial charge in [0.25, 0.3) is 11.6 Å². The van der Waals surface area contributed by atoms with E-state index < -0.39 is 10.8 Å². The van der Waals surface area contributed by atoms with Crippen molar-refractivity contribution in [2.75, 3.05) is 0 Å². The Morgan fingerprint density at radius 1 is 1.17 bits per heavy atom. The molecular formula is C19H12ClN5O4S. The fourth-order valence-electron chi connectivity index (χ4n) is 2.55.